The van der Waals surface area contributed by atoms with Crippen LogP contribution in [0.4, 0.5) is 4.79 Å². The Bertz CT molecular complexity index is 883. The highest BCUT2D eigenvalue weighted by Crippen LogP contribution is 2.29. The fourth-order valence-electron chi connectivity index (χ4n) is 3.88. The fraction of sp³-hybridized carbons (Fsp3) is 0.625. The van der Waals surface area contributed by atoms with Crippen molar-refractivity contribution < 1.29 is 38.1 Å². The number of ether oxygens (including phenoxy) is 5. The van der Waals surface area contributed by atoms with E-state index < -0.39 is 29.9 Å². The van der Waals surface area contributed by atoms with Gasteiger partial charge in [0.2, 0.25) is 5.91 Å². The number of thioether (sulfide) groups is 1. The molecule has 1 aliphatic heterocycles. The molecule has 1 heterocycles. The van der Waals surface area contributed by atoms with Crippen LogP contribution in [0.2, 0.25) is 0 Å². The summed E-state index contributed by atoms with van der Waals surface area (Å²) >= 11 is 1.58. The predicted octanol–water partition coefficient (Wildman–Crippen LogP) is 2.62. The van der Waals surface area contributed by atoms with Crippen molar-refractivity contribution in [3.63, 3.8) is 0 Å². The Labute approximate surface area is 210 Å². The lowest BCUT2D eigenvalue weighted by Crippen LogP contribution is -2.62. The maximum absolute atomic E-state index is 13.4. The van der Waals surface area contributed by atoms with Gasteiger partial charge in [-0.1, -0.05) is 0 Å². The Morgan fingerprint density at radius 3 is 2.57 bits per heavy atom. The van der Waals surface area contributed by atoms with Crippen LogP contribution in [-0.2, 0) is 30.2 Å². The topological polar surface area (TPSA) is 113 Å². The normalized spacial score (nSPS) is 19.3. The first-order valence-electron chi connectivity index (χ1n) is 11.5. The van der Waals surface area contributed by atoms with Gasteiger partial charge >= 0.3 is 12.1 Å². The zero-order valence-electron chi connectivity index (χ0n) is 21.3. The van der Waals surface area contributed by atoms with Gasteiger partial charge in [0.1, 0.15) is 17.5 Å². The van der Waals surface area contributed by atoms with Crippen LogP contribution in [0, 0.1) is 0 Å². The predicted molar refractivity (Wildman–Crippen MR) is 132 cm³/mol. The molecular formula is C24H36N2O8S. The Morgan fingerprint density at radius 1 is 1.20 bits per heavy atom. The molecule has 1 aliphatic rings. The molecule has 1 fully saturated rings. The van der Waals surface area contributed by atoms with Gasteiger partial charge in [-0.3, -0.25) is 14.9 Å². The number of nitrogens with zero attached hydrogens (tertiary/aromatic N) is 1. The molecule has 0 aliphatic carbocycles. The third kappa shape index (κ3) is 7.66. The second-order valence-corrected chi connectivity index (χ2v) is 9.29. The second-order valence-electron chi connectivity index (χ2n) is 8.18. The SMILES string of the molecule is CCOC(=O)C(CCc1cc(OC)ccc1OC)N[C@@H](C)C(=O)N1CCSCC1(C)OC(=O)OC. The summed E-state index contributed by atoms with van der Waals surface area (Å²) in [5, 5.41) is 3.12. The number of nitrogens with one attached hydrogen (secondary N) is 1. The molecule has 10 nitrogen and oxygen atoms in total. The molecule has 2 unspecified atom stereocenters. The van der Waals surface area contributed by atoms with Crippen molar-refractivity contribution in [2.75, 3.05) is 46.0 Å². The molecule has 196 valence electrons. The first-order chi connectivity index (χ1) is 16.7. The fourth-order valence-corrected chi connectivity index (χ4v) is 4.93. The summed E-state index contributed by atoms with van der Waals surface area (Å²) in [5.74, 6) is 1.74. The van der Waals surface area contributed by atoms with Crippen LogP contribution in [0.1, 0.15) is 32.8 Å². The van der Waals surface area contributed by atoms with Crippen LogP contribution in [0.25, 0.3) is 0 Å². The van der Waals surface area contributed by atoms with Crippen molar-refractivity contribution in [1.29, 1.82) is 0 Å². The largest absolute Gasteiger partial charge is 0.510 e. The molecule has 0 spiro atoms. The van der Waals surface area contributed by atoms with Crippen molar-refractivity contribution in [1.82, 2.24) is 10.2 Å². The number of carbonyl (C=O) groups is 3. The molecule has 0 radical (unpaired) electrons. The van der Waals surface area contributed by atoms with E-state index in [1.807, 2.05) is 12.1 Å². The Balaban J connectivity index is 2.17. The minimum absolute atomic E-state index is 0.218. The molecular weight excluding hydrogens is 476 g/mol. The van der Waals surface area contributed by atoms with Crippen molar-refractivity contribution in [2.24, 2.45) is 0 Å². The van der Waals surface area contributed by atoms with E-state index in [1.54, 1.807) is 52.8 Å². The van der Waals surface area contributed by atoms with Crippen molar-refractivity contribution in [3.8, 4) is 11.5 Å². The molecule has 11 heteroatoms. The average molecular weight is 513 g/mol. The molecule has 1 amide bonds. The lowest BCUT2D eigenvalue weighted by atomic mass is 10.0. The third-order valence-corrected chi connectivity index (χ3v) is 6.93. The summed E-state index contributed by atoms with van der Waals surface area (Å²) in [6.07, 6.45) is -0.00222. The standard InChI is InChI=1S/C24H36N2O8S/c1-7-33-22(28)19(10-8-17-14-18(30-4)9-11-20(17)31-5)25-16(2)21(27)26-12-13-35-15-24(26,3)34-23(29)32-6/h9,11,14,16,19,25H,7-8,10,12-13,15H2,1-6H3/t16-,19?,24?/m0/s1. The lowest BCUT2D eigenvalue weighted by molar-refractivity contribution is -0.158. The number of hydrogen-bond donors (Lipinski definition) is 1. The van der Waals surface area contributed by atoms with Crippen LogP contribution in [-0.4, -0.2) is 86.7 Å². The van der Waals surface area contributed by atoms with Gasteiger partial charge in [-0.05, 0) is 57.4 Å². The summed E-state index contributed by atoms with van der Waals surface area (Å²) < 4.78 is 26.1. The molecule has 1 aromatic rings. The highest BCUT2D eigenvalue weighted by Gasteiger charge is 2.43. The van der Waals surface area contributed by atoms with E-state index >= 15 is 0 Å². The van der Waals surface area contributed by atoms with E-state index in [-0.39, 0.29) is 12.5 Å². The van der Waals surface area contributed by atoms with E-state index in [4.69, 9.17) is 18.9 Å². The zero-order valence-corrected chi connectivity index (χ0v) is 22.1. The van der Waals surface area contributed by atoms with Crippen LogP contribution in [0.15, 0.2) is 18.2 Å². The lowest BCUT2D eigenvalue weighted by Gasteiger charge is -2.44. The van der Waals surface area contributed by atoms with Gasteiger partial charge in [-0.25, -0.2) is 4.79 Å². The summed E-state index contributed by atoms with van der Waals surface area (Å²) in [5.41, 5.74) is -0.287. The molecule has 3 atom stereocenters. The molecule has 1 aromatic carbocycles. The summed E-state index contributed by atoms with van der Waals surface area (Å²) in [6, 6.07) is 3.99. The smallest absolute Gasteiger partial charge is 0.497 e. The number of hydrogen-bond acceptors (Lipinski definition) is 10. The summed E-state index contributed by atoms with van der Waals surface area (Å²) in [4.78, 5) is 39.4. The highest BCUT2D eigenvalue weighted by atomic mass is 32.2. The monoisotopic (exact) mass is 512 g/mol. The molecule has 0 bridgehead atoms. The molecule has 35 heavy (non-hydrogen) atoms. The molecule has 0 aromatic heterocycles. The molecule has 0 saturated carbocycles. The minimum atomic E-state index is -1.16. The van der Waals surface area contributed by atoms with E-state index in [1.165, 1.54) is 12.0 Å². The Kier molecular flexibility index (Phi) is 11.0. The van der Waals surface area contributed by atoms with Crippen LogP contribution >= 0.6 is 11.8 Å². The van der Waals surface area contributed by atoms with Gasteiger partial charge in [0, 0.05) is 12.3 Å². The minimum Gasteiger partial charge on any atom is -0.497 e. The quantitative estimate of drug-likeness (QED) is 0.444. The Morgan fingerprint density at radius 2 is 1.94 bits per heavy atom. The number of rotatable bonds is 11. The van der Waals surface area contributed by atoms with Crippen LogP contribution in [0.3, 0.4) is 0 Å². The van der Waals surface area contributed by atoms with E-state index in [0.29, 0.717) is 42.4 Å². The van der Waals surface area contributed by atoms with E-state index in [0.717, 1.165) is 5.56 Å². The van der Waals surface area contributed by atoms with Crippen molar-refractivity contribution in [3.05, 3.63) is 23.8 Å². The summed E-state index contributed by atoms with van der Waals surface area (Å²) in [7, 11) is 4.38. The van der Waals surface area contributed by atoms with E-state index in [2.05, 4.69) is 10.1 Å². The van der Waals surface area contributed by atoms with Gasteiger partial charge < -0.3 is 28.6 Å². The number of benzene rings is 1. The van der Waals surface area contributed by atoms with Crippen molar-refractivity contribution >= 4 is 29.8 Å². The van der Waals surface area contributed by atoms with Gasteiger partial charge in [-0.2, -0.15) is 11.8 Å². The van der Waals surface area contributed by atoms with Crippen LogP contribution in [0.5, 0.6) is 11.5 Å². The molecule has 1 N–H and O–H groups in total. The first kappa shape index (κ1) is 28.6. The average Bonchev–Trinajstić information content (AvgIpc) is 2.85. The molecule has 1 saturated heterocycles. The zero-order chi connectivity index (χ0) is 26.0. The first-order valence-corrected chi connectivity index (χ1v) is 12.6. The molecule has 2 rings (SSSR count). The van der Waals surface area contributed by atoms with Gasteiger partial charge in [0.05, 0.1) is 39.7 Å². The number of amides is 1. The van der Waals surface area contributed by atoms with Gasteiger partial charge in [0.15, 0.2) is 5.72 Å². The number of aryl methyl sites for hydroxylation is 1. The number of esters is 1. The third-order valence-electron chi connectivity index (χ3n) is 5.72. The number of carbonyl (C=O) groups excluding carboxylic acids is 3. The Hall–Kier alpha value is -2.66. The van der Waals surface area contributed by atoms with Crippen LogP contribution < -0.4 is 14.8 Å². The summed E-state index contributed by atoms with van der Waals surface area (Å²) in [6.45, 7) is 5.71. The van der Waals surface area contributed by atoms with Gasteiger partial charge in [0.25, 0.3) is 0 Å². The maximum Gasteiger partial charge on any atom is 0.510 e. The van der Waals surface area contributed by atoms with E-state index in [9.17, 15) is 14.4 Å². The van der Waals surface area contributed by atoms with Crippen molar-refractivity contribution in [2.45, 2.75) is 51.4 Å². The number of methoxy groups -OCH3 is 3. The maximum atomic E-state index is 13.4. The van der Waals surface area contributed by atoms with Gasteiger partial charge in [-0.15, -0.1) is 0 Å². The highest BCUT2D eigenvalue weighted by molar-refractivity contribution is 7.99. The second kappa shape index (κ2) is 13.4.